The number of carbonyl (C=O) groups is 2. The Hall–Kier alpha value is -1.10. The fraction of sp³-hybridized carbons (Fsp3) is 0.818. The molecule has 0 aliphatic carbocycles. The zero-order valence-electron chi connectivity index (χ0n) is 10.0. The second kappa shape index (κ2) is 4.82. The smallest absolute Gasteiger partial charge is 0.326 e. The molecule has 0 bridgehead atoms. The van der Waals surface area contributed by atoms with Crippen LogP contribution in [0.4, 0.5) is 0 Å². The maximum absolute atomic E-state index is 11.8. The van der Waals surface area contributed by atoms with Gasteiger partial charge in [0.05, 0.1) is 6.04 Å². The molecular formula is C11H20N2O3. The van der Waals surface area contributed by atoms with Crippen molar-refractivity contribution in [2.24, 2.45) is 5.41 Å². The molecule has 0 aromatic rings. The molecule has 1 aliphatic heterocycles. The lowest BCUT2D eigenvalue weighted by atomic mass is 9.86. The van der Waals surface area contributed by atoms with E-state index in [-0.39, 0.29) is 11.9 Å². The summed E-state index contributed by atoms with van der Waals surface area (Å²) in [5, 5.41) is 14.7. The number of hydrogen-bond acceptors (Lipinski definition) is 3. The SMILES string of the molecule is CC(C)(C)[C@@H](NC(=O)[C@H]1CCCN1)C(=O)O. The zero-order valence-corrected chi connectivity index (χ0v) is 10.0. The minimum Gasteiger partial charge on any atom is -0.480 e. The highest BCUT2D eigenvalue weighted by atomic mass is 16.4. The molecule has 0 spiro atoms. The van der Waals surface area contributed by atoms with Gasteiger partial charge < -0.3 is 15.7 Å². The Morgan fingerprint density at radius 3 is 2.44 bits per heavy atom. The van der Waals surface area contributed by atoms with E-state index in [0.717, 1.165) is 19.4 Å². The summed E-state index contributed by atoms with van der Waals surface area (Å²) >= 11 is 0. The van der Waals surface area contributed by atoms with Gasteiger partial charge in [-0.2, -0.15) is 0 Å². The van der Waals surface area contributed by atoms with E-state index >= 15 is 0 Å². The summed E-state index contributed by atoms with van der Waals surface area (Å²) in [7, 11) is 0. The van der Waals surface area contributed by atoms with Gasteiger partial charge in [-0.25, -0.2) is 4.79 Å². The number of rotatable bonds is 3. The van der Waals surface area contributed by atoms with Gasteiger partial charge in [-0.3, -0.25) is 4.79 Å². The molecule has 5 nitrogen and oxygen atoms in total. The van der Waals surface area contributed by atoms with E-state index in [1.165, 1.54) is 0 Å². The van der Waals surface area contributed by atoms with E-state index in [1.807, 2.05) is 0 Å². The van der Waals surface area contributed by atoms with Crippen LogP contribution in [0.15, 0.2) is 0 Å². The molecule has 0 radical (unpaired) electrons. The van der Waals surface area contributed by atoms with Crippen LogP contribution >= 0.6 is 0 Å². The Morgan fingerprint density at radius 2 is 2.06 bits per heavy atom. The van der Waals surface area contributed by atoms with Crippen LogP contribution in [0, 0.1) is 5.41 Å². The van der Waals surface area contributed by atoms with Crippen molar-refractivity contribution < 1.29 is 14.7 Å². The third kappa shape index (κ3) is 3.20. The fourth-order valence-electron chi connectivity index (χ4n) is 1.80. The van der Waals surface area contributed by atoms with E-state index in [2.05, 4.69) is 10.6 Å². The van der Waals surface area contributed by atoms with Gasteiger partial charge in [-0.15, -0.1) is 0 Å². The summed E-state index contributed by atoms with van der Waals surface area (Å²) < 4.78 is 0. The summed E-state index contributed by atoms with van der Waals surface area (Å²) in [5.74, 6) is -1.20. The fourth-order valence-corrected chi connectivity index (χ4v) is 1.80. The van der Waals surface area contributed by atoms with E-state index in [4.69, 9.17) is 5.11 Å². The van der Waals surface area contributed by atoms with Gasteiger partial charge in [-0.05, 0) is 24.8 Å². The number of carbonyl (C=O) groups excluding carboxylic acids is 1. The molecule has 1 saturated heterocycles. The van der Waals surface area contributed by atoms with Crippen molar-refractivity contribution in [3.8, 4) is 0 Å². The first-order valence-electron chi connectivity index (χ1n) is 5.59. The predicted molar refractivity (Wildman–Crippen MR) is 60.0 cm³/mol. The Balaban J connectivity index is 2.61. The van der Waals surface area contributed by atoms with Crippen LogP contribution in [0.1, 0.15) is 33.6 Å². The summed E-state index contributed by atoms with van der Waals surface area (Å²) in [4.78, 5) is 22.8. The summed E-state index contributed by atoms with van der Waals surface area (Å²) in [6.45, 7) is 6.22. The molecule has 1 rings (SSSR count). The molecule has 0 saturated carbocycles. The molecule has 1 fully saturated rings. The van der Waals surface area contributed by atoms with Gasteiger partial charge in [-0.1, -0.05) is 20.8 Å². The number of hydrogen-bond donors (Lipinski definition) is 3. The molecule has 0 aromatic heterocycles. The standard InChI is InChI=1S/C11H20N2O3/c1-11(2,3)8(10(15)16)13-9(14)7-5-4-6-12-7/h7-8,12H,4-6H2,1-3H3,(H,13,14)(H,15,16)/t7-,8+/m1/s1. The topological polar surface area (TPSA) is 78.4 Å². The number of nitrogens with one attached hydrogen (secondary N) is 2. The van der Waals surface area contributed by atoms with E-state index in [0.29, 0.717) is 0 Å². The Morgan fingerprint density at radius 1 is 1.44 bits per heavy atom. The Bertz CT molecular complexity index is 277. The Kier molecular flexibility index (Phi) is 3.91. The van der Waals surface area contributed by atoms with Gasteiger partial charge in [0.15, 0.2) is 0 Å². The van der Waals surface area contributed by atoms with Crippen LogP contribution < -0.4 is 10.6 Å². The van der Waals surface area contributed by atoms with Crippen LogP contribution in [0.2, 0.25) is 0 Å². The van der Waals surface area contributed by atoms with Crippen molar-refractivity contribution >= 4 is 11.9 Å². The average molecular weight is 228 g/mol. The molecule has 0 unspecified atom stereocenters. The number of carboxylic acid groups (broad SMARTS) is 1. The summed E-state index contributed by atoms with van der Waals surface area (Å²) in [6, 6.07) is -1.08. The minimum atomic E-state index is -0.987. The molecule has 1 aliphatic rings. The first-order valence-corrected chi connectivity index (χ1v) is 5.59. The third-order valence-electron chi connectivity index (χ3n) is 2.78. The highest BCUT2D eigenvalue weighted by Gasteiger charge is 2.34. The maximum Gasteiger partial charge on any atom is 0.326 e. The van der Waals surface area contributed by atoms with Gasteiger partial charge >= 0.3 is 5.97 Å². The van der Waals surface area contributed by atoms with Crippen molar-refractivity contribution in [3.63, 3.8) is 0 Å². The molecule has 1 heterocycles. The van der Waals surface area contributed by atoms with E-state index in [9.17, 15) is 9.59 Å². The van der Waals surface area contributed by atoms with Crippen molar-refractivity contribution in [1.82, 2.24) is 10.6 Å². The van der Waals surface area contributed by atoms with Gasteiger partial charge in [0.2, 0.25) is 5.91 Å². The quantitative estimate of drug-likeness (QED) is 0.651. The van der Waals surface area contributed by atoms with Crippen molar-refractivity contribution in [3.05, 3.63) is 0 Å². The first kappa shape index (κ1) is 13.0. The maximum atomic E-state index is 11.8. The highest BCUT2D eigenvalue weighted by molar-refractivity contribution is 5.87. The van der Waals surface area contributed by atoms with Crippen LogP contribution in [0.5, 0.6) is 0 Å². The van der Waals surface area contributed by atoms with Crippen molar-refractivity contribution in [1.29, 1.82) is 0 Å². The van der Waals surface area contributed by atoms with Crippen LogP contribution in [-0.2, 0) is 9.59 Å². The van der Waals surface area contributed by atoms with Gasteiger partial charge in [0, 0.05) is 0 Å². The molecule has 2 atom stereocenters. The van der Waals surface area contributed by atoms with Crippen molar-refractivity contribution in [2.75, 3.05) is 6.54 Å². The Labute approximate surface area is 95.6 Å². The van der Waals surface area contributed by atoms with E-state index < -0.39 is 17.4 Å². The molecule has 16 heavy (non-hydrogen) atoms. The lowest BCUT2D eigenvalue weighted by Gasteiger charge is -2.28. The van der Waals surface area contributed by atoms with Crippen LogP contribution in [0.25, 0.3) is 0 Å². The molecule has 1 amide bonds. The second-order valence-electron chi connectivity index (χ2n) is 5.29. The highest BCUT2D eigenvalue weighted by Crippen LogP contribution is 2.20. The number of amides is 1. The number of aliphatic carboxylic acids is 1. The van der Waals surface area contributed by atoms with Crippen LogP contribution in [-0.4, -0.2) is 35.6 Å². The van der Waals surface area contributed by atoms with Crippen molar-refractivity contribution in [2.45, 2.75) is 45.7 Å². The van der Waals surface area contributed by atoms with Crippen LogP contribution in [0.3, 0.4) is 0 Å². The third-order valence-corrected chi connectivity index (χ3v) is 2.78. The minimum absolute atomic E-state index is 0.208. The first-order chi connectivity index (χ1) is 7.32. The molecule has 3 N–H and O–H groups in total. The molecule has 0 aromatic carbocycles. The lowest BCUT2D eigenvalue weighted by Crippen LogP contribution is -2.53. The number of carboxylic acids is 1. The summed E-state index contributed by atoms with van der Waals surface area (Å²) in [5.41, 5.74) is -0.486. The second-order valence-corrected chi connectivity index (χ2v) is 5.29. The normalized spacial score (nSPS) is 22.8. The zero-order chi connectivity index (χ0) is 12.3. The summed E-state index contributed by atoms with van der Waals surface area (Å²) in [6.07, 6.45) is 1.74. The molecule has 5 heteroatoms. The average Bonchev–Trinajstić information content (AvgIpc) is 2.63. The van der Waals surface area contributed by atoms with Gasteiger partial charge in [0.25, 0.3) is 0 Å². The predicted octanol–water partition coefficient (Wildman–Crippen LogP) is 0.354. The molecular weight excluding hydrogens is 208 g/mol. The van der Waals surface area contributed by atoms with E-state index in [1.54, 1.807) is 20.8 Å². The molecule has 92 valence electrons. The van der Waals surface area contributed by atoms with Gasteiger partial charge in [0.1, 0.15) is 6.04 Å². The lowest BCUT2D eigenvalue weighted by molar-refractivity contribution is -0.145. The monoisotopic (exact) mass is 228 g/mol. The largest absolute Gasteiger partial charge is 0.480 e.